The molecule has 25 heavy (non-hydrogen) atoms. The largest absolute Gasteiger partial charge is 0.339 e. The van der Waals surface area contributed by atoms with Crippen LogP contribution in [-0.2, 0) is 11.2 Å². The third-order valence-electron chi connectivity index (χ3n) is 3.36. The molecule has 2 aromatic carbocycles. The van der Waals surface area contributed by atoms with Gasteiger partial charge in [-0.15, -0.1) is 0 Å². The zero-order valence-corrected chi connectivity index (χ0v) is 12.8. The summed E-state index contributed by atoms with van der Waals surface area (Å²) in [4.78, 5) is 15.9. The van der Waals surface area contributed by atoms with E-state index in [0.29, 0.717) is 5.56 Å². The second-order valence-corrected chi connectivity index (χ2v) is 5.16. The molecule has 0 aliphatic rings. The van der Waals surface area contributed by atoms with Gasteiger partial charge < -0.3 is 9.84 Å². The Balaban J connectivity index is 1.60. The molecule has 1 N–H and O–H groups in total. The van der Waals surface area contributed by atoms with Gasteiger partial charge in [0.2, 0.25) is 17.6 Å². The van der Waals surface area contributed by atoms with Crippen molar-refractivity contribution in [3.8, 4) is 11.4 Å². The van der Waals surface area contributed by atoms with E-state index in [9.17, 15) is 18.0 Å². The minimum absolute atomic E-state index is 0.0934. The highest BCUT2D eigenvalue weighted by atomic mass is 19.1. The molecule has 0 aliphatic carbocycles. The lowest BCUT2D eigenvalue weighted by Crippen LogP contribution is -2.14. The van der Waals surface area contributed by atoms with E-state index in [1.807, 2.05) is 0 Å². The molecule has 0 atom stereocenters. The third-order valence-corrected chi connectivity index (χ3v) is 3.36. The Kier molecular flexibility index (Phi) is 4.78. The van der Waals surface area contributed by atoms with Crippen molar-refractivity contribution in [2.45, 2.75) is 12.8 Å². The van der Waals surface area contributed by atoms with E-state index in [4.69, 9.17) is 4.52 Å². The molecule has 1 aromatic heterocycles. The van der Waals surface area contributed by atoms with Gasteiger partial charge in [0, 0.05) is 18.4 Å². The molecule has 0 saturated heterocycles. The Hall–Kier alpha value is -3.16. The van der Waals surface area contributed by atoms with Crippen molar-refractivity contribution in [1.29, 1.82) is 0 Å². The Labute approximate surface area is 140 Å². The van der Waals surface area contributed by atoms with Crippen LogP contribution in [0.5, 0.6) is 0 Å². The number of amides is 1. The van der Waals surface area contributed by atoms with Crippen molar-refractivity contribution in [1.82, 2.24) is 10.1 Å². The summed E-state index contributed by atoms with van der Waals surface area (Å²) >= 11 is 0. The van der Waals surface area contributed by atoms with E-state index < -0.39 is 23.2 Å². The van der Waals surface area contributed by atoms with Gasteiger partial charge in [0.1, 0.15) is 23.1 Å². The average Bonchev–Trinajstić information content (AvgIpc) is 3.06. The van der Waals surface area contributed by atoms with Gasteiger partial charge in [-0.2, -0.15) is 4.98 Å². The Morgan fingerprint density at radius 3 is 2.40 bits per heavy atom. The highest BCUT2D eigenvalue weighted by Crippen LogP contribution is 2.19. The third kappa shape index (κ3) is 4.03. The number of para-hydroxylation sites is 1. The van der Waals surface area contributed by atoms with Crippen LogP contribution >= 0.6 is 0 Å². The van der Waals surface area contributed by atoms with E-state index in [0.717, 1.165) is 12.1 Å². The molecule has 128 valence electrons. The fourth-order valence-electron chi connectivity index (χ4n) is 2.11. The molecule has 8 heteroatoms. The summed E-state index contributed by atoms with van der Waals surface area (Å²) in [6, 6.07) is 8.83. The smallest absolute Gasteiger partial charge is 0.227 e. The molecule has 0 aliphatic heterocycles. The van der Waals surface area contributed by atoms with Crippen molar-refractivity contribution >= 4 is 11.6 Å². The van der Waals surface area contributed by atoms with Gasteiger partial charge >= 0.3 is 0 Å². The predicted molar refractivity (Wildman–Crippen MR) is 83.0 cm³/mol. The number of carbonyl (C=O) groups excluding carboxylic acids is 1. The first-order valence-corrected chi connectivity index (χ1v) is 7.35. The van der Waals surface area contributed by atoms with E-state index in [-0.39, 0.29) is 30.4 Å². The predicted octanol–water partition coefficient (Wildman–Crippen LogP) is 3.73. The van der Waals surface area contributed by atoms with Gasteiger partial charge in [0.25, 0.3) is 0 Å². The van der Waals surface area contributed by atoms with Crippen molar-refractivity contribution in [2.75, 3.05) is 5.32 Å². The number of aryl methyl sites for hydroxylation is 1. The highest BCUT2D eigenvalue weighted by Gasteiger charge is 2.14. The maximum absolute atomic E-state index is 13.5. The van der Waals surface area contributed by atoms with E-state index in [1.165, 1.54) is 30.3 Å². The molecule has 5 nitrogen and oxygen atoms in total. The van der Waals surface area contributed by atoms with Crippen molar-refractivity contribution < 1.29 is 22.5 Å². The lowest BCUT2D eigenvalue weighted by molar-refractivity contribution is -0.116. The number of rotatable bonds is 5. The maximum Gasteiger partial charge on any atom is 0.227 e. The molecule has 3 aromatic rings. The Morgan fingerprint density at radius 1 is 1.04 bits per heavy atom. The van der Waals surface area contributed by atoms with Gasteiger partial charge in [-0.25, -0.2) is 13.2 Å². The normalized spacial score (nSPS) is 10.7. The number of hydrogen-bond donors (Lipinski definition) is 1. The first-order valence-electron chi connectivity index (χ1n) is 7.35. The van der Waals surface area contributed by atoms with Crippen LogP contribution in [0, 0.1) is 17.5 Å². The fourth-order valence-corrected chi connectivity index (χ4v) is 2.11. The number of halogens is 3. The number of aromatic nitrogens is 2. The van der Waals surface area contributed by atoms with Crippen LogP contribution in [0.1, 0.15) is 12.3 Å². The van der Waals surface area contributed by atoms with Gasteiger partial charge in [0.05, 0.1) is 0 Å². The van der Waals surface area contributed by atoms with Crippen molar-refractivity contribution in [3.05, 3.63) is 65.8 Å². The van der Waals surface area contributed by atoms with Crippen LogP contribution in [0.4, 0.5) is 18.9 Å². The van der Waals surface area contributed by atoms with Crippen molar-refractivity contribution in [2.24, 2.45) is 0 Å². The minimum atomic E-state index is -0.857. The van der Waals surface area contributed by atoms with Crippen molar-refractivity contribution in [3.63, 3.8) is 0 Å². The number of nitrogens with one attached hydrogen (secondary N) is 1. The monoisotopic (exact) mass is 347 g/mol. The molecule has 1 heterocycles. The molecule has 0 saturated carbocycles. The summed E-state index contributed by atoms with van der Waals surface area (Å²) in [6.45, 7) is 0. The number of benzene rings is 2. The zero-order chi connectivity index (χ0) is 17.8. The molecule has 0 unspecified atom stereocenters. The van der Waals surface area contributed by atoms with Crippen LogP contribution in [0.3, 0.4) is 0 Å². The second-order valence-electron chi connectivity index (χ2n) is 5.16. The molecule has 3 rings (SSSR count). The van der Waals surface area contributed by atoms with Gasteiger partial charge in [-0.3, -0.25) is 4.79 Å². The molecule has 1 amide bonds. The molecular weight excluding hydrogens is 335 g/mol. The summed E-state index contributed by atoms with van der Waals surface area (Å²) in [6.07, 6.45) is -0.00503. The van der Waals surface area contributed by atoms with Crippen LogP contribution in [0.2, 0.25) is 0 Å². The number of anilines is 1. The summed E-state index contributed by atoms with van der Waals surface area (Å²) < 4.78 is 44.8. The summed E-state index contributed by atoms with van der Waals surface area (Å²) in [7, 11) is 0. The lowest BCUT2D eigenvalue weighted by Gasteiger charge is -2.06. The van der Waals surface area contributed by atoms with Gasteiger partial charge in [-0.05, 0) is 36.4 Å². The van der Waals surface area contributed by atoms with Crippen LogP contribution < -0.4 is 5.32 Å². The standard InChI is InChI=1S/C17H12F3N3O2/c18-11-6-4-10(5-7-11)17-22-15(25-23-17)9-8-14(24)21-16-12(19)2-1-3-13(16)20/h1-7H,8-9H2,(H,21,24). The second kappa shape index (κ2) is 7.16. The van der Waals surface area contributed by atoms with Crippen LogP contribution in [-0.4, -0.2) is 16.0 Å². The SMILES string of the molecule is O=C(CCc1nc(-c2ccc(F)cc2)no1)Nc1c(F)cccc1F. The highest BCUT2D eigenvalue weighted by molar-refractivity contribution is 5.91. The van der Waals surface area contributed by atoms with E-state index in [1.54, 1.807) is 0 Å². The van der Waals surface area contributed by atoms with Crippen LogP contribution in [0.15, 0.2) is 47.0 Å². The van der Waals surface area contributed by atoms with E-state index in [2.05, 4.69) is 15.5 Å². The number of nitrogens with zero attached hydrogens (tertiary/aromatic N) is 2. The molecule has 0 radical (unpaired) electrons. The summed E-state index contributed by atoms with van der Waals surface area (Å²) in [5.41, 5.74) is 0.0688. The topological polar surface area (TPSA) is 68.0 Å². The average molecular weight is 347 g/mol. The van der Waals surface area contributed by atoms with Crippen LogP contribution in [0.25, 0.3) is 11.4 Å². The Morgan fingerprint density at radius 2 is 1.72 bits per heavy atom. The lowest BCUT2D eigenvalue weighted by atomic mass is 10.2. The maximum atomic E-state index is 13.5. The zero-order valence-electron chi connectivity index (χ0n) is 12.8. The summed E-state index contributed by atoms with van der Waals surface area (Å²) in [5, 5.41) is 5.92. The molecule has 0 bridgehead atoms. The molecule has 0 fully saturated rings. The molecule has 0 spiro atoms. The molecular formula is C17H12F3N3O2. The first-order chi connectivity index (χ1) is 12.0. The quantitative estimate of drug-likeness (QED) is 0.764. The minimum Gasteiger partial charge on any atom is -0.339 e. The fraction of sp³-hybridized carbons (Fsp3) is 0.118. The van der Waals surface area contributed by atoms with Gasteiger partial charge in [-0.1, -0.05) is 11.2 Å². The number of hydrogen-bond acceptors (Lipinski definition) is 4. The van der Waals surface area contributed by atoms with E-state index >= 15 is 0 Å². The summed E-state index contributed by atoms with van der Waals surface area (Å²) in [5.74, 6) is -2.25. The Bertz CT molecular complexity index is 874. The first kappa shape index (κ1) is 16.7. The number of carbonyl (C=O) groups is 1. The van der Waals surface area contributed by atoms with Gasteiger partial charge in [0.15, 0.2) is 0 Å².